The van der Waals surface area contributed by atoms with Crippen molar-refractivity contribution in [3.63, 3.8) is 0 Å². The van der Waals surface area contributed by atoms with Gasteiger partial charge in [0.25, 0.3) is 0 Å². The molecule has 5 aromatic carbocycles. The van der Waals surface area contributed by atoms with Crippen LogP contribution in [0.15, 0.2) is 129 Å². The molecule has 3 nitrogen and oxygen atoms in total. The van der Waals surface area contributed by atoms with E-state index in [1.54, 1.807) is 12.1 Å². The molecular weight excluding hydrogens is 605 g/mol. The smallest absolute Gasteiger partial charge is 0.195 e. The molecule has 46 heavy (non-hydrogen) atoms. The summed E-state index contributed by atoms with van der Waals surface area (Å²) in [5, 5.41) is 0. The topological polar surface area (TPSA) is 43.4 Å². The Bertz CT molecular complexity index is 1870. The van der Waals surface area contributed by atoms with E-state index >= 15 is 0 Å². The molecule has 232 valence electrons. The first-order valence-electron chi connectivity index (χ1n) is 15.8. The minimum atomic E-state index is -0.112. The normalized spacial score (nSPS) is 12.5. The van der Waals surface area contributed by atoms with Crippen LogP contribution in [0.3, 0.4) is 0 Å². The fraction of sp³-hybridized carbons (Fsp3) is 0.220. The molecule has 1 aliphatic carbocycles. The van der Waals surface area contributed by atoms with Crippen LogP contribution in [0.2, 0.25) is 0 Å². The second-order valence-corrected chi connectivity index (χ2v) is 14.9. The number of hydrogen-bond donors (Lipinski definition) is 0. The predicted octanol–water partition coefficient (Wildman–Crippen LogP) is 11.0. The van der Waals surface area contributed by atoms with E-state index in [0.717, 1.165) is 37.3 Å². The van der Waals surface area contributed by atoms with Crippen molar-refractivity contribution in [3.8, 4) is 5.75 Å². The second kappa shape index (κ2) is 13.7. The number of ether oxygens (including phenoxy) is 1. The number of carbonyl (C=O) groups excluding carboxylic acids is 2. The minimum absolute atomic E-state index is 0.0630. The Morgan fingerprint density at radius 3 is 1.61 bits per heavy atom. The van der Waals surface area contributed by atoms with E-state index in [9.17, 15) is 9.59 Å². The Kier molecular flexibility index (Phi) is 9.53. The highest BCUT2D eigenvalue weighted by Crippen LogP contribution is 2.41. The number of fused-ring (bicyclic) bond motifs is 2. The molecule has 0 aromatic heterocycles. The van der Waals surface area contributed by atoms with Gasteiger partial charge in [0.1, 0.15) is 12.4 Å². The molecular formula is C41H38O3S2. The number of carbonyl (C=O) groups is 2. The third kappa shape index (κ3) is 7.01. The summed E-state index contributed by atoms with van der Waals surface area (Å²) in [4.78, 5) is 31.5. The lowest BCUT2D eigenvalue weighted by molar-refractivity contribution is 0.0974. The molecule has 0 amide bonds. The highest BCUT2D eigenvalue weighted by Gasteiger charge is 2.33. The summed E-state index contributed by atoms with van der Waals surface area (Å²) in [5.41, 5.74) is 5.70. The van der Waals surface area contributed by atoms with Crippen molar-refractivity contribution >= 4 is 35.1 Å². The quantitative estimate of drug-likeness (QED) is 0.149. The average molecular weight is 643 g/mol. The average Bonchev–Trinajstić information content (AvgIpc) is 3.06. The highest BCUT2D eigenvalue weighted by atomic mass is 32.2. The van der Waals surface area contributed by atoms with Crippen LogP contribution < -0.4 is 4.74 Å². The molecule has 6 rings (SSSR count). The zero-order valence-corrected chi connectivity index (χ0v) is 28.4. The number of rotatable bonds is 10. The molecule has 0 unspecified atom stereocenters. The lowest BCUT2D eigenvalue weighted by atomic mass is 9.84. The van der Waals surface area contributed by atoms with Crippen molar-refractivity contribution in [2.24, 2.45) is 0 Å². The largest absolute Gasteiger partial charge is 0.489 e. The number of ketones is 2. The summed E-state index contributed by atoms with van der Waals surface area (Å²) in [6.07, 6.45) is 3.51. The van der Waals surface area contributed by atoms with Gasteiger partial charge >= 0.3 is 0 Å². The van der Waals surface area contributed by atoms with Crippen LogP contribution in [0, 0.1) is 0 Å². The van der Waals surface area contributed by atoms with Gasteiger partial charge in [-0.05, 0) is 83.5 Å². The van der Waals surface area contributed by atoms with Gasteiger partial charge in [-0.15, -0.1) is 0 Å². The Balaban J connectivity index is 1.17. The summed E-state index contributed by atoms with van der Waals surface area (Å²) >= 11 is 3.02. The fourth-order valence-electron chi connectivity index (χ4n) is 5.58. The zero-order valence-electron chi connectivity index (χ0n) is 26.8. The first kappa shape index (κ1) is 31.9. The van der Waals surface area contributed by atoms with Crippen LogP contribution in [-0.4, -0.2) is 11.6 Å². The minimum Gasteiger partial charge on any atom is -0.489 e. The molecule has 0 atom stereocenters. The zero-order chi connectivity index (χ0) is 32.3. The van der Waals surface area contributed by atoms with Gasteiger partial charge in [0.2, 0.25) is 0 Å². The molecule has 0 saturated carbocycles. The Morgan fingerprint density at radius 1 is 0.609 bits per heavy atom. The Morgan fingerprint density at radius 2 is 1.11 bits per heavy atom. The summed E-state index contributed by atoms with van der Waals surface area (Å²) in [7, 11) is 0. The molecule has 5 aromatic rings. The van der Waals surface area contributed by atoms with Crippen LogP contribution in [0.5, 0.6) is 5.75 Å². The molecule has 0 bridgehead atoms. The first-order chi connectivity index (χ1) is 22.2. The van der Waals surface area contributed by atoms with Crippen molar-refractivity contribution in [2.45, 2.75) is 78.6 Å². The van der Waals surface area contributed by atoms with Crippen LogP contribution in [0.1, 0.15) is 89.1 Å². The monoisotopic (exact) mass is 642 g/mol. The van der Waals surface area contributed by atoms with Crippen LogP contribution in [-0.2, 0) is 18.4 Å². The van der Waals surface area contributed by atoms with E-state index in [-0.39, 0.29) is 17.0 Å². The van der Waals surface area contributed by atoms with Gasteiger partial charge in [-0.2, -0.15) is 0 Å². The van der Waals surface area contributed by atoms with E-state index in [4.69, 9.17) is 4.74 Å². The molecule has 0 N–H and O–H groups in total. The van der Waals surface area contributed by atoms with Gasteiger partial charge in [0, 0.05) is 41.8 Å². The van der Waals surface area contributed by atoms with Gasteiger partial charge in [0.15, 0.2) is 11.6 Å². The molecule has 0 spiro atoms. The SMILES string of the molecule is CCCCc1ccc(COc2ccc(Sc3cccc4c3C(=O)c3cccc(Sc5ccc(C(C)(C)C)cc5)c3C4=O)cc2)cc1. The van der Waals surface area contributed by atoms with E-state index in [0.29, 0.717) is 28.9 Å². The number of aryl methyl sites for hydroxylation is 1. The van der Waals surface area contributed by atoms with Crippen LogP contribution in [0.25, 0.3) is 0 Å². The van der Waals surface area contributed by atoms with Crippen molar-refractivity contribution in [3.05, 3.63) is 148 Å². The number of benzene rings is 5. The van der Waals surface area contributed by atoms with Crippen molar-refractivity contribution in [2.75, 3.05) is 0 Å². The Labute approximate surface area is 280 Å². The van der Waals surface area contributed by atoms with Crippen molar-refractivity contribution in [1.29, 1.82) is 0 Å². The van der Waals surface area contributed by atoms with Crippen LogP contribution >= 0.6 is 23.5 Å². The van der Waals surface area contributed by atoms with Gasteiger partial charge in [0.05, 0.1) is 0 Å². The molecule has 0 fully saturated rings. The van der Waals surface area contributed by atoms with Crippen molar-refractivity contribution in [1.82, 2.24) is 0 Å². The summed E-state index contributed by atoms with van der Waals surface area (Å²) in [5.74, 6) is 0.565. The molecule has 0 radical (unpaired) electrons. The molecule has 0 heterocycles. The fourth-order valence-corrected chi connectivity index (χ4v) is 7.53. The third-order valence-electron chi connectivity index (χ3n) is 8.24. The Hall–Kier alpha value is -4.06. The summed E-state index contributed by atoms with van der Waals surface area (Å²) in [6.45, 7) is 9.29. The highest BCUT2D eigenvalue weighted by molar-refractivity contribution is 7.99. The molecule has 5 heteroatoms. The van der Waals surface area contributed by atoms with E-state index < -0.39 is 0 Å². The molecule has 0 aliphatic heterocycles. The van der Waals surface area contributed by atoms with Crippen molar-refractivity contribution < 1.29 is 14.3 Å². The predicted molar refractivity (Wildman–Crippen MR) is 189 cm³/mol. The van der Waals surface area contributed by atoms with E-state index in [2.05, 4.69) is 76.2 Å². The maximum absolute atomic E-state index is 14.0. The standard InChI is InChI=1S/C41H38O3S2/c1-5-6-9-27-14-16-28(17-15-27)26-44-30-20-24-32(25-21-30)46-36-13-8-11-34-38(36)40(43)33-10-7-12-35(37(33)39(34)42)45-31-22-18-29(19-23-31)41(2,3)4/h7-8,10-25H,5-6,9,26H2,1-4H3. The van der Waals surface area contributed by atoms with E-state index in [1.807, 2.05) is 48.5 Å². The number of hydrogen-bond acceptors (Lipinski definition) is 5. The van der Waals surface area contributed by atoms with E-state index in [1.165, 1.54) is 47.5 Å². The summed E-state index contributed by atoms with van der Waals surface area (Å²) in [6, 6.07) is 36.1. The molecule has 1 aliphatic rings. The van der Waals surface area contributed by atoms with Gasteiger partial charge in [-0.3, -0.25) is 9.59 Å². The first-order valence-corrected chi connectivity index (χ1v) is 17.5. The van der Waals surface area contributed by atoms with Gasteiger partial charge < -0.3 is 4.74 Å². The summed E-state index contributed by atoms with van der Waals surface area (Å²) < 4.78 is 6.04. The number of unbranched alkanes of at least 4 members (excludes halogenated alkanes) is 1. The lowest BCUT2D eigenvalue weighted by Crippen LogP contribution is -2.22. The maximum Gasteiger partial charge on any atom is 0.195 e. The third-order valence-corrected chi connectivity index (χ3v) is 10.4. The molecule has 0 saturated heterocycles. The maximum atomic E-state index is 14.0. The lowest BCUT2D eigenvalue weighted by Gasteiger charge is -2.22. The van der Waals surface area contributed by atoms with Gasteiger partial charge in [-0.25, -0.2) is 0 Å². The second-order valence-electron chi connectivity index (χ2n) is 12.7. The van der Waals surface area contributed by atoms with Crippen LogP contribution in [0.4, 0.5) is 0 Å². The van der Waals surface area contributed by atoms with Gasteiger partial charge in [-0.1, -0.05) is 118 Å².